The molecule has 2 nitrogen and oxygen atoms in total. The monoisotopic (exact) mass is 221 g/mol. The third-order valence-corrected chi connectivity index (χ3v) is 3.11. The van der Waals surface area contributed by atoms with Gasteiger partial charge in [-0.05, 0) is 35.8 Å². The molecule has 0 bridgehead atoms. The van der Waals surface area contributed by atoms with Crippen LogP contribution in [0.5, 0.6) is 0 Å². The van der Waals surface area contributed by atoms with Crippen LogP contribution in [0, 0.1) is 0 Å². The third-order valence-electron chi connectivity index (χ3n) is 2.89. The Hall–Kier alpha value is -0.960. The van der Waals surface area contributed by atoms with E-state index in [2.05, 4.69) is 24.8 Å². The van der Waals surface area contributed by atoms with Crippen molar-refractivity contribution in [2.24, 2.45) is 0 Å². The van der Waals surface area contributed by atoms with Crippen molar-refractivity contribution in [3.05, 3.63) is 29.3 Å². The molecule has 0 radical (unpaired) electrons. The van der Waals surface area contributed by atoms with Crippen molar-refractivity contribution in [1.29, 1.82) is 0 Å². The van der Waals surface area contributed by atoms with Gasteiger partial charge < -0.3 is 4.90 Å². The van der Waals surface area contributed by atoms with Gasteiger partial charge in [0.25, 0.3) is 0 Å². The lowest BCUT2D eigenvalue weighted by Crippen LogP contribution is -2.31. The number of aryl methyl sites for hydroxylation is 2. The average Bonchev–Trinajstić information content (AvgIpc) is 2.24. The highest BCUT2D eigenvalue weighted by Crippen LogP contribution is 2.27. The quantitative estimate of drug-likeness (QED) is 0.758. The summed E-state index contributed by atoms with van der Waals surface area (Å²) in [5.41, 5.74) is 3.66. The molecule has 0 aliphatic carbocycles. The standard InChI is InChI=1S/C12H15NOS/c1-13-11-4-2-9(6-7-15)8-10(11)3-5-12(13)14/h2,4,8,15H,3,5-7H2,1H3. The first-order valence-corrected chi connectivity index (χ1v) is 5.85. The Bertz CT molecular complexity index is 389. The van der Waals surface area contributed by atoms with E-state index < -0.39 is 0 Å². The normalized spacial score (nSPS) is 15.3. The van der Waals surface area contributed by atoms with Gasteiger partial charge >= 0.3 is 0 Å². The molecule has 0 unspecified atom stereocenters. The second-order valence-electron chi connectivity index (χ2n) is 3.89. The molecule has 1 heterocycles. The smallest absolute Gasteiger partial charge is 0.227 e. The third kappa shape index (κ3) is 2.02. The van der Waals surface area contributed by atoms with Crippen LogP contribution in [0.3, 0.4) is 0 Å². The Labute approximate surface area is 95.7 Å². The molecule has 0 spiro atoms. The van der Waals surface area contributed by atoms with Crippen molar-refractivity contribution < 1.29 is 4.79 Å². The van der Waals surface area contributed by atoms with Gasteiger partial charge in [0, 0.05) is 19.2 Å². The first-order valence-electron chi connectivity index (χ1n) is 5.21. The first-order chi connectivity index (χ1) is 7.22. The van der Waals surface area contributed by atoms with Crippen LogP contribution in [0.25, 0.3) is 0 Å². The van der Waals surface area contributed by atoms with Crippen molar-refractivity contribution in [2.75, 3.05) is 17.7 Å². The summed E-state index contributed by atoms with van der Waals surface area (Å²) in [6, 6.07) is 6.34. The number of carbonyl (C=O) groups is 1. The number of hydrogen-bond donors (Lipinski definition) is 1. The molecule has 3 heteroatoms. The number of carbonyl (C=O) groups excluding carboxylic acids is 1. The van der Waals surface area contributed by atoms with E-state index in [0.717, 1.165) is 24.3 Å². The van der Waals surface area contributed by atoms with Crippen LogP contribution in [-0.4, -0.2) is 18.7 Å². The van der Waals surface area contributed by atoms with Gasteiger partial charge in [0.1, 0.15) is 0 Å². The van der Waals surface area contributed by atoms with Crippen LogP contribution in [0.2, 0.25) is 0 Å². The molecule has 0 saturated carbocycles. The first kappa shape index (κ1) is 10.6. The van der Waals surface area contributed by atoms with Crippen molar-refractivity contribution in [2.45, 2.75) is 19.3 Å². The maximum Gasteiger partial charge on any atom is 0.227 e. The molecule has 1 amide bonds. The van der Waals surface area contributed by atoms with Crippen LogP contribution >= 0.6 is 12.6 Å². The van der Waals surface area contributed by atoms with Crippen LogP contribution in [0.4, 0.5) is 5.69 Å². The largest absolute Gasteiger partial charge is 0.315 e. The van der Waals surface area contributed by atoms with Gasteiger partial charge in [-0.2, -0.15) is 12.6 Å². The Morgan fingerprint density at radius 2 is 2.20 bits per heavy atom. The fourth-order valence-electron chi connectivity index (χ4n) is 1.99. The molecule has 2 rings (SSSR count). The highest BCUT2D eigenvalue weighted by atomic mass is 32.1. The fraction of sp³-hybridized carbons (Fsp3) is 0.417. The molecule has 0 N–H and O–H groups in total. The van der Waals surface area contributed by atoms with Crippen molar-refractivity contribution in [3.63, 3.8) is 0 Å². The van der Waals surface area contributed by atoms with E-state index >= 15 is 0 Å². The molecule has 1 aliphatic rings. The molecule has 0 atom stereocenters. The predicted molar refractivity (Wildman–Crippen MR) is 65.7 cm³/mol. The maximum absolute atomic E-state index is 11.5. The Morgan fingerprint density at radius 1 is 1.40 bits per heavy atom. The Balaban J connectivity index is 2.34. The zero-order valence-corrected chi connectivity index (χ0v) is 9.76. The number of nitrogens with zero attached hydrogens (tertiary/aromatic N) is 1. The second kappa shape index (κ2) is 4.27. The van der Waals surface area contributed by atoms with Crippen LogP contribution < -0.4 is 4.90 Å². The number of benzene rings is 1. The highest BCUT2D eigenvalue weighted by molar-refractivity contribution is 7.80. The minimum absolute atomic E-state index is 0.212. The zero-order valence-electron chi connectivity index (χ0n) is 8.86. The van der Waals surface area contributed by atoms with Crippen molar-refractivity contribution in [3.8, 4) is 0 Å². The lowest BCUT2D eigenvalue weighted by molar-refractivity contribution is -0.118. The number of hydrogen-bond acceptors (Lipinski definition) is 2. The Morgan fingerprint density at radius 3 is 2.93 bits per heavy atom. The molecular weight excluding hydrogens is 206 g/mol. The summed E-state index contributed by atoms with van der Waals surface area (Å²) in [4.78, 5) is 13.2. The van der Waals surface area contributed by atoms with Crippen molar-refractivity contribution in [1.82, 2.24) is 0 Å². The van der Waals surface area contributed by atoms with Crippen LogP contribution in [0.1, 0.15) is 17.5 Å². The van der Waals surface area contributed by atoms with Crippen molar-refractivity contribution >= 4 is 24.2 Å². The highest BCUT2D eigenvalue weighted by Gasteiger charge is 2.20. The van der Waals surface area contributed by atoms with Crippen LogP contribution in [0.15, 0.2) is 18.2 Å². The molecule has 1 aromatic carbocycles. The van der Waals surface area contributed by atoms with Gasteiger partial charge in [-0.1, -0.05) is 12.1 Å². The van der Waals surface area contributed by atoms with Crippen LogP contribution in [-0.2, 0) is 17.6 Å². The second-order valence-corrected chi connectivity index (χ2v) is 4.34. The molecule has 0 aromatic heterocycles. The Kier molecular flexibility index (Phi) is 3.00. The summed E-state index contributed by atoms with van der Waals surface area (Å²) < 4.78 is 0. The number of anilines is 1. The van der Waals surface area contributed by atoms with E-state index in [4.69, 9.17) is 0 Å². The lowest BCUT2D eigenvalue weighted by Gasteiger charge is -2.26. The summed E-state index contributed by atoms with van der Waals surface area (Å²) in [5, 5.41) is 0. The molecule has 15 heavy (non-hydrogen) atoms. The fourth-order valence-corrected chi connectivity index (χ4v) is 2.25. The molecule has 0 fully saturated rings. The minimum atomic E-state index is 0.212. The summed E-state index contributed by atoms with van der Waals surface area (Å²) in [6.07, 6.45) is 2.50. The van der Waals surface area contributed by atoms with Gasteiger partial charge in [-0.15, -0.1) is 0 Å². The summed E-state index contributed by atoms with van der Waals surface area (Å²) in [6.45, 7) is 0. The van der Waals surface area contributed by atoms with Gasteiger partial charge in [-0.3, -0.25) is 4.79 Å². The molecular formula is C12H15NOS. The maximum atomic E-state index is 11.5. The summed E-state index contributed by atoms with van der Waals surface area (Å²) in [7, 11) is 1.85. The number of thiol groups is 1. The van der Waals surface area contributed by atoms with Gasteiger partial charge in [-0.25, -0.2) is 0 Å². The SMILES string of the molecule is CN1C(=O)CCc2cc(CCS)ccc21. The summed E-state index contributed by atoms with van der Waals surface area (Å²) >= 11 is 4.23. The van der Waals surface area contributed by atoms with E-state index in [9.17, 15) is 4.79 Å². The number of amides is 1. The van der Waals surface area contributed by atoms with E-state index in [1.807, 2.05) is 13.1 Å². The van der Waals surface area contributed by atoms with E-state index in [1.165, 1.54) is 11.1 Å². The van der Waals surface area contributed by atoms with E-state index in [-0.39, 0.29) is 5.91 Å². The topological polar surface area (TPSA) is 20.3 Å². The summed E-state index contributed by atoms with van der Waals surface area (Å²) in [5.74, 6) is 1.08. The minimum Gasteiger partial charge on any atom is -0.315 e. The zero-order chi connectivity index (χ0) is 10.8. The average molecular weight is 221 g/mol. The van der Waals surface area contributed by atoms with Gasteiger partial charge in [0.05, 0.1) is 0 Å². The van der Waals surface area contributed by atoms with Gasteiger partial charge in [0.15, 0.2) is 0 Å². The molecule has 0 saturated heterocycles. The van der Waals surface area contributed by atoms with Gasteiger partial charge in [0.2, 0.25) is 5.91 Å². The molecule has 80 valence electrons. The number of rotatable bonds is 2. The lowest BCUT2D eigenvalue weighted by atomic mass is 9.98. The molecule has 1 aliphatic heterocycles. The van der Waals surface area contributed by atoms with E-state index in [1.54, 1.807) is 4.90 Å². The molecule has 1 aromatic rings. The number of fused-ring (bicyclic) bond motifs is 1. The predicted octanol–water partition coefficient (Wildman–Crippen LogP) is 2.07. The van der Waals surface area contributed by atoms with E-state index in [0.29, 0.717) is 6.42 Å².